The third-order valence-electron chi connectivity index (χ3n) is 7.84. The molecule has 5 nitrogen and oxygen atoms in total. The summed E-state index contributed by atoms with van der Waals surface area (Å²) in [4.78, 5) is 30.0. The molecule has 5 rings (SSSR count). The molecule has 0 spiro atoms. The number of likely N-dealkylation sites (tertiary alicyclic amines) is 2. The molecule has 2 saturated heterocycles. The van der Waals surface area contributed by atoms with E-state index in [1.807, 2.05) is 4.90 Å². The standard InChI is InChI=1S/C24H33N3O2/c28-23-14-20(24(29)25-22-13-18-6-7-19(22)12-18)16-27(23)21-8-10-26(11-9-21)15-17-4-2-1-3-5-17/h1-5,18-22H,6-16H2,(H,25,29). The molecule has 2 saturated carbocycles. The Hall–Kier alpha value is -1.88. The third kappa shape index (κ3) is 4.07. The summed E-state index contributed by atoms with van der Waals surface area (Å²) in [6.07, 6.45) is 7.49. The second-order valence-electron chi connectivity index (χ2n) is 9.73. The first-order valence-electron chi connectivity index (χ1n) is 11.5. The molecule has 156 valence electrons. The molecule has 1 aromatic rings. The van der Waals surface area contributed by atoms with Crippen molar-refractivity contribution in [2.75, 3.05) is 19.6 Å². The summed E-state index contributed by atoms with van der Waals surface area (Å²) in [5, 5.41) is 3.30. The van der Waals surface area contributed by atoms with Crippen LogP contribution in [0.4, 0.5) is 0 Å². The van der Waals surface area contributed by atoms with Crippen molar-refractivity contribution >= 4 is 11.8 Å². The number of carbonyl (C=O) groups excluding carboxylic acids is 2. The summed E-state index contributed by atoms with van der Waals surface area (Å²) in [6, 6.07) is 11.3. The Kier molecular flexibility index (Phi) is 5.33. The Labute approximate surface area is 173 Å². The van der Waals surface area contributed by atoms with Gasteiger partial charge in [0.15, 0.2) is 0 Å². The lowest BCUT2D eigenvalue weighted by atomic mass is 9.94. The van der Waals surface area contributed by atoms with Crippen LogP contribution in [0.2, 0.25) is 0 Å². The van der Waals surface area contributed by atoms with Gasteiger partial charge in [0.1, 0.15) is 0 Å². The highest BCUT2D eigenvalue weighted by molar-refractivity contribution is 5.89. The summed E-state index contributed by atoms with van der Waals surface area (Å²) in [5.74, 6) is 1.67. The van der Waals surface area contributed by atoms with Gasteiger partial charge in [0.05, 0.1) is 5.92 Å². The van der Waals surface area contributed by atoms with E-state index in [0.717, 1.165) is 44.8 Å². The molecule has 2 heterocycles. The normalized spacial score (nSPS) is 32.8. The van der Waals surface area contributed by atoms with Crippen LogP contribution in [0, 0.1) is 17.8 Å². The van der Waals surface area contributed by atoms with Crippen molar-refractivity contribution in [3.8, 4) is 0 Å². The molecule has 1 N–H and O–H groups in total. The van der Waals surface area contributed by atoms with E-state index in [-0.39, 0.29) is 17.7 Å². The first kappa shape index (κ1) is 19.1. The van der Waals surface area contributed by atoms with Gasteiger partial charge in [-0.05, 0) is 49.5 Å². The highest BCUT2D eigenvalue weighted by atomic mass is 16.2. The molecule has 5 heteroatoms. The van der Waals surface area contributed by atoms with Crippen LogP contribution in [0.3, 0.4) is 0 Å². The second-order valence-corrected chi connectivity index (χ2v) is 9.73. The zero-order chi connectivity index (χ0) is 19.8. The van der Waals surface area contributed by atoms with Crippen molar-refractivity contribution in [1.82, 2.24) is 15.1 Å². The van der Waals surface area contributed by atoms with E-state index in [9.17, 15) is 9.59 Å². The van der Waals surface area contributed by atoms with Crippen molar-refractivity contribution in [2.24, 2.45) is 17.8 Å². The number of fused-ring (bicyclic) bond motifs is 2. The maximum atomic E-state index is 12.8. The van der Waals surface area contributed by atoms with Gasteiger partial charge in [0, 0.05) is 44.7 Å². The maximum Gasteiger partial charge on any atom is 0.225 e. The molecule has 4 aliphatic rings. The first-order chi connectivity index (χ1) is 14.2. The molecule has 1 aromatic carbocycles. The van der Waals surface area contributed by atoms with E-state index in [0.29, 0.717) is 31.0 Å². The molecule has 4 unspecified atom stereocenters. The predicted molar refractivity (Wildman–Crippen MR) is 112 cm³/mol. The lowest BCUT2D eigenvalue weighted by Gasteiger charge is -2.37. The lowest BCUT2D eigenvalue weighted by Crippen LogP contribution is -2.46. The van der Waals surface area contributed by atoms with E-state index < -0.39 is 0 Å². The predicted octanol–water partition coefficient (Wildman–Crippen LogP) is 2.80. The minimum atomic E-state index is -0.149. The summed E-state index contributed by atoms with van der Waals surface area (Å²) in [7, 11) is 0. The van der Waals surface area contributed by atoms with Gasteiger partial charge >= 0.3 is 0 Å². The minimum Gasteiger partial charge on any atom is -0.353 e. The van der Waals surface area contributed by atoms with Gasteiger partial charge < -0.3 is 10.2 Å². The van der Waals surface area contributed by atoms with Crippen molar-refractivity contribution in [1.29, 1.82) is 0 Å². The van der Waals surface area contributed by atoms with Crippen LogP contribution in [0.15, 0.2) is 30.3 Å². The second kappa shape index (κ2) is 8.10. The molecule has 0 aromatic heterocycles. The number of hydrogen-bond acceptors (Lipinski definition) is 3. The molecular weight excluding hydrogens is 362 g/mol. The number of hydrogen-bond donors (Lipinski definition) is 1. The Bertz CT molecular complexity index is 744. The lowest BCUT2D eigenvalue weighted by molar-refractivity contribution is -0.131. The SMILES string of the molecule is O=C(NC1CC2CCC1C2)C1CC(=O)N(C2CCN(Cc3ccccc3)CC2)C1. The van der Waals surface area contributed by atoms with Gasteiger partial charge in [-0.2, -0.15) is 0 Å². The summed E-state index contributed by atoms with van der Waals surface area (Å²) in [5.41, 5.74) is 1.35. The van der Waals surface area contributed by atoms with Crippen molar-refractivity contribution in [3.63, 3.8) is 0 Å². The fraction of sp³-hybridized carbons (Fsp3) is 0.667. The van der Waals surface area contributed by atoms with Gasteiger partial charge in [-0.1, -0.05) is 36.8 Å². The fourth-order valence-corrected chi connectivity index (χ4v) is 6.21. The Morgan fingerprint density at radius 1 is 1.03 bits per heavy atom. The van der Waals surface area contributed by atoms with Crippen LogP contribution in [0.5, 0.6) is 0 Å². The van der Waals surface area contributed by atoms with Gasteiger partial charge in [-0.25, -0.2) is 0 Å². The fourth-order valence-electron chi connectivity index (χ4n) is 6.21. The molecule has 2 aliphatic carbocycles. The van der Waals surface area contributed by atoms with E-state index in [4.69, 9.17) is 0 Å². The zero-order valence-corrected chi connectivity index (χ0v) is 17.3. The van der Waals surface area contributed by atoms with Crippen LogP contribution in [-0.4, -0.2) is 53.3 Å². The summed E-state index contributed by atoms with van der Waals surface area (Å²) >= 11 is 0. The Morgan fingerprint density at radius 3 is 2.52 bits per heavy atom. The Balaban J connectivity index is 1.11. The molecule has 2 bridgehead atoms. The number of nitrogens with zero attached hydrogens (tertiary/aromatic N) is 2. The Morgan fingerprint density at radius 2 is 1.83 bits per heavy atom. The number of nitrogens with one attached hydrogen (secondary N) is 1. The number of rotatable bonds is 5. The molecule has 4 atom stereocenters. The van der Waals surface area contributed by atoms with Crippen molar-refractivity contribution < 1.29 is 9.59 Å². The van der Waals surface area contributed by atoms with Gasteiger partial charge in [-0.15, -0.1) is 0 Å². The number of piperidine rings is 1. The first-order valence-corrected chi connectivity index (χ1v) is 11.5. The molecule has 4 fully saturated rings. The summed E-state index contributed by atoms with van der Waals surface area (Å²) in [6.45, 7) is 3.64. The van der Waals surface area contributed by atoms with Crippen LogP contribution >= 0.6 is 0 Å². The minimum absolute atomic E-state index is 0.125. The summed E-state index contributed by atoms with van der Waals surface area (Å²) < 4.78 is 0. The van der Waals surface area contributed by atoms with Crippen LogP contribution in [0.1, 0.15) is 50.5 Å². The van der Waals surface area contributed by atoms with E-state index >= 15 is 0 Å². The van der Waals surface area contributed by atoms with Crippen molar-refractivity contribution in [3.05, 3.63) is 35.9 Å². The number of amides is 2. The van der Waals surface area contributed by atoms with Crippen molar-refractivity contribution in [2.45, 2.75) is 63.6 Å². The number of carbonyl (C=O) groups is 2. The molecule has 2 amide bonds. The average molecular weight is 396 g/mol. The highest BCUT2D eigenvalue weighted by Crippen LogP contribution is 2.44. The zero-order valence-electron chi connectivity index (χ0n) is 17.3. The smallest absolute Gasteiger partial charge is 0.225 e. The maximum absolute atomic E-state index is 12.8. The molecule has 0 radical (unpaired) electrons. The van der Waals surface area contributed by atoms with Crippen LogP contribution in [0.25, 0.3) is 0 Å². The molecular formula is C24H33N3O2. The largest absolute Gasteiger partial charge is 0.353 e. The van der Waals surface area contributed by atoms with Gasteiger partial charge in [0.2, 0.25) is 11.8 Å². The van der Waals surface area contributed by atoms with E-state index in [1.165, 1.54) is 24.8 Å². The quantitative estimate of drug-likeness (QED) is 0.834. The van der Waals surface area contributed by atoms with E-state index in [1.54, 1.807) is 0 Å². The highest BCUT2D eigenvalue weighted by Gasteiger charge is 2.43. The molecule has 2 aliphatic heterocycles. The molecule has 29 heavy (non-hydrogen) atoms. The third-order valence-corrected chi connectivity index (χ3v) is 7.84. The number of benzene rings is 1. The van der Waals surface area contributed by atoms with Crippen LogP contribution in [-0.2, 0) is 16.1 Å². The average Bonchev–Trinajstić information content (AvgIpc) is 3.45. The topological polar surface area (TPSA) is 52.7 Å². The van der Waals surface area contributed by atoms with Gasteiger partial charge in [-0.3, -0.25) is 14.5 Å². The van der Waals surface area contributed by atoms with Gasteiger partial charge in [0.25, 0.3) is 0 Å². The monoisotopic (exact) mass is 395 g/mol. The van der Waals surface area contributed by atoms with Crippen LogP contribution < -0.4 is 5.32 Å². The van der Waals surface area contributed by atoms with E-state index in [2.05, 4.69) is 40.5 Å².